The first-order valence-corrected chi connectivity index (χ1v) is 10.3. The van der Waals surface area contributed by atoms with E-state index < -0.39 is 5.54 Å². The van der Waals surface area contributed by atoms with E-state index in [9.17, 15) is 14.7 Å². The van der Waals surface area contributed by atoms with Crippen LogP contribution in [0.4, 0.5) is 0 Å². The average Bonchev–Trinajstić information content (AvgIpc) is 3.37. The largest absolute Gasteiger partial charge is 0.393 e. The molecule has 1 aromatic heterocycles. The number of carbonyl (C=O) groups excluding carboxylic acids is 2. The molecule has 2 fully saturated rings. The Morgan fingerprint density at radius 3 is 2.62 bits per heavy atom. The van der Waals surface area contributed by atoms with Gasteiger partial charge in [0.1, 0.15) is 17.0 Å². The number of aliphatic hydroxyl groups excluding tert-OH is 1. The fraction of sp³-hybridized carbons (Fsp3) is 0.500. The van der Waals surface area contributed by atoms with Crippen LogP contribution in [-0.4, -0.2) is 63.2 Å². The molecule has 3 heterocycles. The monoisotopic (exact) mass is 397 g/mol. The first kappa shape index (κ1) is 19.6. The fourth-order valence-corrected chi connectivity index (χ4v) is 4.61. The number of amides is 2. The van der Waals surface area contributed by atoms with Crippen LogP contribution in [0.3, 0.4) is 0 Å². The van der Waals surface area contributed by atoms with Gasteiger partial charge in [-0.1, -0.05) is 35.5 Å². The minimum atomic E-state index is -0.943. The summed E-state index contributed by atoms with van der Waals surface area (Å²) >= 11 is 0. The van der Waals surface area contributed by atoms with Crippen molar-refractivity contribution in [3.8, 4) is 11.3 Å². The Balaban J connectivity index is 1.62. The molecule has 0 saturated carbocycles. The second-order valence-corrected chi connectivity index (χ2v) is 8.05. The molecule has 0 spiro atoms. The van der Waals surface area contributed by atoms with Crippen LogP contribution in [0.15, 0.2) is 40.9 Å². The number of aromatic nitrogens is 1. The lowest BCUT2D eigenvalue weighted by atomic mass is 9.87. The van der Waals surface area contributed by atoms with Crippen molar-refractivity contribution >= 4 is 11.8 Å². The van der Waals surface area contributed by atoms with E-state index in [1.54, 1.807) is 9.80 Å². The van der Waals surface area contributed by atoms with Crippen LogP contribution in [0.1, 0.15) is 38.4 Å². The van der Waals surface area contributed by atoms with Crippen LogP contribution in [0.5, 0.6) is 0 Å². The highest BCUT2D eigenvalue weighted by Crippen LogP contribution is 2.36. The lowest BCUT2D eigenvalue weighted by Gasteiger charge is -2.41. The highest BCUT2D eigenvalue weighted by Gasteiger charge is 2.51. The SMILES string of the molecule is CC(=O)N1CCC[C@]1(Cc1cc(-c2ccccc2)no1)C(=O)N1CCC(O)CC1. The predicted molar refractivity (Wildman–Crippen MR) is 107 cm³/mol. The van der Waals surface area contributed by atoms with E-state index in [1.807, 2.05) is 36.4 Å². The third-order valence-corrected chi connectivity index (χ3v) is 6.11. The Labute approximate surface area is 170 Å². The van der Waals surface area contributed by atoms with E-state index in [2.05, 4.69) is 5.16 Å². The summed E-state index contributed by atoms with van der Waals surface area (Å²) in [6.45, 7) is 3.11. The predicted octanol–water partition coefficient (Wildman–Crippen LogP) is 2.25. The van der Waals surface area contributed by atoms with Gasteiger partial charge in [0.2, 0.25) is 11.8 Å². The summed E-state index contributed by atoms with van der Waals surface area (Å²) in [5.41, 5.74) is 0.723. The van der Waals surface area contributed by atoms with E-state index in [-0.39, 0.29) is 17.9 Å². The third-order valence-electron chi connectivity index (χ3n) is 6.11. The van der Waals surface area contributed by atoms with Crippen molar-refractivity contribution < 1.29 is 19.2 Å². The van der Waals surface area contributed by atoms with Crippen molar-refractivity contribution in [3.63, 3.8) is 0 Å². The molecule has 0 bridgehead atoms. The summed E-state index contributed by atoms with van der Waals surface area (Å²) < 4.78 is 5.59. The molecule has 7 nitrogen and oxygen atoms in total. The van der Waals surface area contributed by atoms with Gasteiger partial charge in [-0.3, -0.25) is 9.59 Å². The summed E-state index contributed by atoms with van der Waals surface area (Å²) in [4.78, 5) is 29.5. The maximum atomic E-state index is 13.6. The molecule has 0 unspecified atom stereocenters. The third kappa shape index (κ3) is 3.79. The molecule has 4 rings (SSSR count). The minimum absolute atomic E-state index is 0.0465. The number of nitrogens with zero attached hydrogens (tertiary/aromatic N) is 3. The number of likely N-dealkylation sites (tertiary alicyclic amines) is 2. The second-order valence-electron chi connectivity index (χ2n) is 8.05. The van der Waals surface area contributed by atoms with Crippen LogP contribution in [0.2, 0.25) is 0 Å². The van der Waals surface area contributed by atoms with Crippen LogP contribution >= 0.6 is 0 Å². The smallest absolute Gasteiger partial charge is 0.249 e. The molecule has 2 aliphatic heterocycles. The molecule has 1 N–H and O–H groups in total. The van der Waals surface area contributed by atoms with Gasteiger partial charge in [0.25, 0.3) is 0 Å². The van der Waals surface area contributed by atoms with Crippen LogP contribution in [0, 0.1) is 0 Å². The van der Waals surface area contributed by atoms with E-state index >= 15 is 0 Å². The maximum Gasteiger partial charge on any atom is 0.249 e. The minimum Gasteiger partial charge on any atom is -0.393 e. The molecular weight excluding hydrogens is 370 g/mol. The Kier molecular flexibility index (Phi) is 5.41. The highest BCUT2D eigenvalue weighted by atomic mass is 16.5. The summed E-state index contributed by atoms with van der Waals surface area (Å²) in [7, 11) is 0. The van der Waals surface area contributed by atoms with Crippen LogP contribution in [-0.2, 0) is 16.0 Å². The number of aliphatic hydroxyl groups is 1. The molecule has 29 heavy (non-hydrogen) atoms. The van der Waals surface area contributed by atoms with Gasteiger partial charge in [-0.15, -0.1) is 0 Å². The Hall–Kier alpha value is -2.67. The molecule has 2 saturated heterocycles. The molecule has 2 aliphatic rings. The standard InChI is InChI=1S/C22H27N3O4/c1-16(26)25-11-5-10-22(25,21(28)24-12-8-18(27)9-13-24)15-19-14-20(23-29-19)17-6-3-2-4-7-17/h2-4,6-7,14,18,27H,5,8-13,15H2,1H3/t22-/m0/s1. The lowest BCUT2D eigenvalue weighted by molar-refractivity contribution is -0.152. The maximum absolute atomic E-state index is 13.6. The number of carbonyl (C=O) groups is 2. The van der Waals surface area contributed by atoms with Gasteiger partial charge in [-0.2, -0.15) is 0 Å². The van der Waals surface area contributed by atoms with E-state index in [0.717, 1.165) is 17.7 Å². The van der Waals surface area contributed by atoms with Gasteiger partial charge in [0.05, 0.1) is 6.10 Å². The quantitative estimate of drug-likeness (QED) is 0.855. The summed E-state index contributed by atoms with van der Waals surface area (Å²) in [5.74, 6) is 0.452. The van der Waals surface area contributed by atoms with Gasteiger partial charge in [0.15, 0.2) is 0 Å². The van der Waals surface area contributed by atoms with Gasteiger partial charge in [-0.25, -0.2) is 0 Å². The van der Waals surface area contributed by atoms with E-state index in [1.165, 1.54) is 6.92 Å². The zero-order chi connectivity index (χ0) is 20.4. The van der Waals surface area contributed by atoms with Crippen LogP contribution < -0.4 is 0 Å². The highest BCUT2D eigenvalue weighted by molar-refractivity contribution is 5.92. The van der Waals surface area contributed by atoms with Gasteiger partial charge >= 0.3 is 0 Å². The lowest BCUT2D eigenvalue weighted by Crippen LogP contribution is -2.60. The van der Waals surface area contributed by atoms with E-state index in [4.69, 9.17) is 4.52 Å². The molecule has 0 radical (unpaired) electrons. The summed E-state index contributed by atoms with van der Waals surface area (Å²) in [5, 5.41) is 14.0. The second kappa shape index (κ2) is 7.99. The number of hydrogen-bond donors (Lipinski definition) is 1. The Morgan fingerprint density at radius 2 is 1.93 bits per heavy atom. The van der Waals surface area contributed by atoms with Crippen molar-refractivity contribution in [1.29, 1.82) is 0 Å². The van der Waals surface area contributed by atoms with Crippen molar-refractivity contribution in [2.45, 2.75) is 50.7 Å². The first-order valence-electron chi connectivity index (χ1n) is 10.3. The molecule has 2 amide bonds. The number of benzene rings is 1. The molecule has 1 aromatic carbocycles. The fourth-order valence-electron chi connectivity index (χ4n) is 4.61. The van der Waals surface area contributed by atoms with Crippen molar-refractivity contribution in [1.82, 2.24) is 15.0 Å². The number of piperidine rings is 1. The zero-order valence-corrected chi connectivity index (χ0v) is 16.7. The van der Waals surface area contributed by atoms with Crippen molar-refractivity contribution in [3.05, 3.63) is 42.2 Å². The molecular formula is C22H27N3O4. The Bertz CT molecular complexity index is 873. The average molecular weight is 397 g/mol. The molecule has 2 aromatic rings. The topological polar surface area (TPSA) is 86.9 Å². The van der Waals surface area contributed by atoms with Crippen LogP contribution in [0.25, 0.3) is 11.3 Å². The summed E-state index contributed by atoms with van der Waals surface area (Å²) in [6.07, 6.45) is 2.48. The zero-order valence-electron chi connectivity index (χ0n) is 16.7. The first-order chi connectivity index (χ1) is 14.0. The van der Waals surface area contributed by atoms with Gasteiger partial charge in [-0.05, 0) is 25.7 Å². The Morgan fingerprint density at radius 1 is 1.21 bits per heavy atom. The normalized spacial score (nSPS) is 22.8. The van der Waals surface area contributed by atoms with Gasteiger partial charge < -0.3 is 19.4 Å². The molecule has 7 heteroatoms. The van der Waals surface area contributed by atoms with Gasteiger partial charge in [0, 0.05) is 44.6 Å². The van der Waals surface area contributed by atoms with E-state index in [0.29, 0.717) is 51.1 Å². The van der Waals surface area contributed by atoms with Crippen molar-refractivity contribution in [2.75, 3.05) is 19.6 Å². The molecule has 154 valence electrons. The molecule has 1 atom stereocenters. The number of rotatable bonds is 4. The van der Waals surface area contributed by atoms with Crippen molar-refractivity contribution in [2.24, 2.45) is 0 Å². The molecule has 0 aliphatic carbocycles. The number of hydrogen-bond acceptors (Lipinski definition) is 5. The summed E-state index contributed by atoms with van der Waals surface area (Å²) in [6, 6.07) is 11.6.